The standard InChI is InChI=1S/C28H54ClN5O4Si3.C10H12ClN5O4/c1-10-39(11-2,12-3)35-19-21-23(37-40(13-4,14-5)15-6)24(38-41(16-7,17-8)18-9)27(36-21)34-20-31-22-25(30)32-28(29)33-26(22)34;11-10-14-7(12)4-8(15-10)16(2-13-4)9-6(19)5(18)3(1-17)20-9/h20-21,23-24,27H,10-19H2,1-9H3,(H2,30,32,33);2-3,5-6,9,17-19H,1H2,(H2,12,14,15)/t21-,23-,24-,27-;3-,5-,6-,9-/m11/s1. The zero-order valence-electron chi connectivity index (χ0n) is 36.9. The number of fused-ring (bicyclic) bond motifs is 2. The molecular formula is C38H66Cl2N10O8Si3. The molecule has 2 aliphatic heterocycles. The molecule has 0 aliphatic carbocycles. The van der Waals surface area contributed by atoms with Crippen molar-refractivity contribution in [3.05, 3.63) is 23.2 Å². The molecule has 0 radical (unpaired) electrons. The van der Waals surface area contributed by atoms with Crippen LogP contribution in [0.4, 0.5) is 11.6 Å². The van der Waals surface area contributed by atoms with E-state index < -0.39 is 62.3 Å². The minimum absolute atomic E-state index is 0.0662. The molecule has 8 atom stereocenters. The summed E-state index contributed by atoms with van der Waals surface area (Å²) >= 11 is 12.0. The summed E-state index contributed by atoms with van der Waals surface area (Å²) in [5.41, 5.74) is 13.5. The normalized spacial score (nSPS) is 24.8. The largest absolute Gasteiger partial charge is 0.414 e. The van der Waals surface area contributed by atoms with Crippen molar-refractivity contribution in [2.75, 3.05) is 24.7 Å². The molecule has 4 aromatic heterocycles. The van der Waals surface area contributed by atoms with Crippen molar-refractivity contribution in [1.82, 2.24) is 39.0 Å². The van der Waals surface area contributed by atoms with E-state index in [0.29, 0.717) is 23.3 Å². The third-order valence-corrected chi connectivity index (χ3v) is 27.6. The van der Waals surface area contributed by atoms with Gasteiger partial charge in [0.2, 0.25) is 10.6 Å². The Kier molecular flexibility index (Phi) is 17.1. The van der Waals surface area contributed by atoms with Crippen molar-refractivity contribution < 1.29 is 38.1 Å². The SMILES string of the molecule is CC[Si](CC)(CC)OC[C@H]1O[C@@H](n2cnc3c(N)nc(Cl)nc32)[C@H](O[Si](CC)(CC)CC)[C@@H]1O[Si](CC)(CC)CC.Nc1nc(Cl)nc2c1ncn2[C@@H]1O[C@H](CO)[C@@H](O)[C@H]1O. The molecule has 0 aromatic carbocycles. The number of aliphatic hydroxyl groups excluding tert-OH is 3. The molecule has 0 saturated carbocycles. The number of rotatable bonds is 19. The lowest BCUT2D eigenvalue weighted by atomic mass is 10.1. The number of hydrogen-bond donors (Lipinski definition) is 5. The van der Waals surface area contributed by atoms with E-state index in [9.17, 15) is 10.2 Å². The quantitative estimate of drug-likeness (QED) is 0.0502. The fourth-order valence-corrected chi connectivity index (χ4v) is 17.2. The van der Waals surface area contributed by atoms with Crippen molar-refractivity contribution >= 4 is 82.1 Å². The van der Waals surface area contributed by atoms with E-state index in [4.69, 9.17) is 62.5 Å². The molecule has 2 aliphatic rings. The maximum atomic E-state index is 9.99. The van der Waals surface area contributed by atoms with E-state index in [0.717, 1.165) is 54.4 Å². The summed E-state index contributed by atoms with van der Waals surface area (Å²) < 4.78 is 37.2. The molecule has 0 bridgehead atoms. The number of aliphatic hydroxyl groups is 3. The Labute approximate surface area is 371 Å². The fourth-order valence-electron chi connectivity index (χ4n) is 8.53. The molecule has 0 unspecified atom stereocenters. The number of halogens is 2. The minimum atomic E-state index is -2.08. The average molecular weight is 946 g/mol. The van der Waals surface area contributed by atoms with Crippen LogP contribution in [0.5, 0.6) is 0 Å². The van der Waals surface area contributed by atoms with E-state index in [2.05, 4.69) is 92.2 Å². The predicted molar refractivity (Wildman–Crippen MR) is 244 cm³/mol. The molecule has 4 aromatic rings. The molecule has 342 valence electrons. The summed E-state index contributed by atoms with van der Waals surface area (Å²) in [4.78, 5) is 25.0. The van der Waals surface area contributed by atoms with Crippen LogP contribution < -0.4 is 11.5 Å². The second kappa shape index (κ2) is 21.1. The van der Waals surface area contributed by atoms with Gasteiger partial charge in [-0.2, -0.15) is 19.9 Å². The van der Waals surface area contributed by atoms with E-state index in [1.54, 1.807) is 6.33 Å². The highest BCUT2D eigenvalue weighted by atomic mass is 35.5. The van der Waals surface area contributed by atoms with Crippen LogP contribution in [0, 0.1) is 0 Å². The first kappa shape index (κ1) is 49.6. The molecule has 61 heavy (non-hydrogen) atoms. The van der Waals surface area contributed by atoms with Gasteiger partial charge in [0, 0.05) is 0 Å². The Morgan fingerprint density at radius 2 is 1.02 bits per heavy atom. The average Bonchev–Trinajstić information content (AvgIpc) is 4.03. The molecule has 6 rings (SSSR count). The number of anilines is 2. The van der Waals surface area contributed by atoms with Crippen molar-refractivity contribution in [3.63, 3.8) is 0 Å². The summed E-state index contributed by atoms with van der Waals surface area (Å²) in [6.45, 7) is 20.4. The van der Waals surface area contributed by atoms with Crippen LogP contribution in [-0.4, -0.2) is 129 Å². The third-order valence-electron chi connectivity index (χ3n) is 13.3. The first-order valence-electron chi connectivity index (χ1n) is 21.7. The number of aromatic nitrogens is 8. The summed E-state index contributed by atoms with van der Waals surface area (Å²) in [7, 11) is -5.98. The topological polar surface area (TPSA) is 246 Å². The number of imidazole rings is 2. The van der Waals surface area contributed by atoms with Gasteiger partial charge in [-0.25, -0.2) is 9.97 Å². The van der Waals surface area contributed by atoms with Gasteiger partial charge in [0.1, 0.15) is 47.7 Å². The van der Waals surface area contributed by atoms with Gasteiger partial charge < -0.3 is 49.5 Å². The number of nitrogen functional groups attached to an aromatic ring is 2. The zero-order chi connectivity index (χ0) is 44.9. The molecular weight excluding hydrogens is 880 g/mol. The van der Waals surface area contributed by atoms with Gasteiger partial charge in [0.25, 0.3) is 0 Å². The molecule has 23 heteroatoms. The zero-order valence-corrected chi connectivity index (χ0v) is 41.4. The molecule has 0 amide bonds. The van der Waals surface area contributed by atoms with Gasteiger partial charge >= 0.3 is 0 Å². The first-order valence-corrected chi connectivity index (χ1v) is 30.0. The first-order chi connectivity index (χ1) is 29.1. The van der Waals surface area contributed by atoms with Crippen molar-refractivity contribution in [2.24, 2.45) is 0 Å². The van der Waals surface area contributed by atoms with Crippen LogP contribution in [0.25, 0.3) is 22.3 Å². The smallest absolute Gasteiger partial charge is 0.226 e. The highest BCUT2D eigenvalue weighted by molar-refractivity contribution is 6.74. The third kappa shape index (κ3) is 10.1. The van der Waals surface area contributed by atoms with Crippen LogP contribution >= 0.6 is 23.2 Å². The number of hydrogen-bond acceptors (Lipinski definition) is 16. The number of nitrogens with two attached hydrogens (primary N) is 2. The molecule has 2 saturated heterocycles. The minimum Gasteiger partial charge on any atom is -0.414 e. The van der Waals surface area contributed by atoms with Crippen molar-refractivity contribution in [1.29, 1.82) is 0 Å². The van der Waals surface area contributed by atoms with Crippen LogP contribution in [0.3, 0.4) is 0 Å². The summed E-state index contributed by atoms with van der Waals surface area (Å²) in [6.07, 6.45) is -2.56. The van der Waals surface area contributed by atoms with Crippen molar-refractivity contribution in [2.45, 2.75) is 166 Å². The number of ether oxygens (including phenoxy) is 2. The summed E-state index contributed by atoms with van der Waals surface area (Å²) in [6, 6.07) is 9.46. The van der Waals surface area contributed by atoms with Crippen molar-refractivity contribution in [3.8, 4) is 0 Å². The molecule has 18 nitrogen and oxygen atoms in total. The monoisotopic (exact) mass is 944 g/mol. The van der Waals surface area contributed by atoms with E-state index in [1.165, 1.54) is 10.9 Å². The van der Waals surface area contributed by atoms with Gasteiger partial charge in [0.05, 0.1) is 25.9 Å². The fraction of sp³-hybridized carbons (Fsp3) is 0.737. The lowest BCUT2D eigenvalue weighted by Gasteiger charge is -2.40. The van der Waals surface area contributed by atoms with Crippen LogP contribution in [0.1, 0.15) is 74.8 Å². The van der Waals surface area contributed by atoms with E-state index >= 15 is 0 Å². The highest BCUT2D eigenvalue weighted by Crippen LogP contribution is 2.42. The predicted octanol–water partition coefficient (Wildman–Crippen LogP) is 6.44. The van der Waals surface area contributed by atoms with Gasteiger partial charge in [-0.1, -0.05) is 62.3 Å². The van der Waals surface area contributed by atoms with Crippen LogP contribution in [0.15, 0.2) is 12.7 Å². The lowest BCUT2D eigenvalue weighted by molar-refractivity contribution is -0.0511. The Morgan fingerprint density at radius 1 is 0.607 bits per heavy atom. The van der Waals surface area contributed by atoms with E-state index in [-0.39, 0.29) is 46.2 Å². The highest BCUT2D eigenvalue weighted by Gasteiger charge is 2.53. The maximum absolute atomic E-state index is 9.99. The lowest BCUT2D eigenvalue weighted by Crippen LogP contribution is -2.52. The molecule has 7 N–H and O–H groups in total. The van der Waals surface area contributed by atoms with Crippen LogP contribution in [0.2, 0.25) is 65.0 Å². The summed E-state index contributed by atoms with van der Waals surface area (Å²) in [5, 5.41) is 28.8. The van der Waals surface area contributed by atoms with Gasteiger partial charge in [-0.15, -0.1) is 0 Å². The summed E-state index contributed by atoms with van der Waals surface area (Å²) in [5.74, 6) is 0.353. The molecule has 2 fully saturated rings. The maximum Gasteiger partial charge on any atom is 0.226 e. The molecule has 0 spiro atoms. The number of nitrogens with zero attached hydrogens (tertiary/aromatic N) is 8. The Morgan fingerprint density at radius 3 is 1.43 bits per heavy atom. The Bertz CT molecular complexity index is 2020. The second-order valence-electron chi connectivity index (χ2n) is 15.9. The van der Waals surface area contributed by atoms with Gasteiger partial charge in [0.15, 0.2) is 60.3 Å². The molecule has 6 heterocycles. The van der Waals surface area contributed by atoms with Gasteiger partial charge in [-0.3, -0.25) is 9.13 Å². The van der Waals surface area contributed by atoms with Crippen LogP contribution in [-0.2, 0) is 22.8 Å². The van der Waals surface area contributed by atoms with E-state index in [1.807, 2.05) is 4.57 Å². The second-order valence-corrected chi connectivity index (χ2v) is 30.8. The Balaban J connectivity index is 0.000000291. The Hall–Kier alpha value is -2.39. The van der Waals surface area contributed by atoms with Gasteiger partial charge in [-0.05, 0) is 77.6 Å².